The van der Waals surface area contributed by atoms with Crippen LogP contribution < -0.4 is 0 Å². The van der Waals surface area contributed by atoms with Crippen LogP contribution in [0.1, 0.15) is 49.9 Å². The average molecular weight is 689 g/mol. The van der Waals surface area contributed by atoms with E-state index in [2.05, 4.69) is 198 Å². The molecule has 0 saturated carbocycles. The first-order chi connectivity index (χ1) is 26.3. The fourth-order valence-corrected chi connectivity index (χ4v) is 10.3. The Bertz CT molecular complexity index is 2970. The third-order valence-electron chi connectivity index (χ3n) is 12.8. The highest BCUT2D eigenvalue weighted by Gasteiger charge is 2.45. The smallest absolute Gasteiger partial charge is 0.0162 e. The van der Waals surface area contributed by atoms with Crippen molar-refractivity contribution in [3.8, 4) is 55.6 Å². The van der Waals surface area contributed by atoms with Gasteiger partial charge in [0.1, 0.15) is 0 Å². The lowest BCUT2D eigenvalue weighted by molar-refractivity contribution is 0.601. The van der Waals surface area contributed by atoms with Gasteiger partial charge in [-0.3, -0.25) is 0 Å². The van der Waals surface area contributed by atoms with Crippen LogP contribution in [0.25, 0.3) is 88.0 Å². The van der Waals surface area contributed by atoms with Crippen molar-refractivity contribution < 1.29 is 0 Å². The van der Waals surface area contributed by atoms with Gasteiger partial charge in [0, 0.05) is 10.8 Å². The summed E-state index contributed by atoms with van der Waals surface area (Å²) in [6.07, 6.45) is 0. The number of hydrogen-bond donors (Lipinski definition) is 0. The van der Waals surface area contributed by atoms with E-state index < -0.39 is 0 Å². The third kappa shape index (κ3) is 4.26. The zero-order valence-corrected chi connectivity index (χ0v) is 31.2. The van der Waals surface area contributed by atoms with Gasteiger partial charge in [0.15, 0.2) is 0 Å². The van der Waals surface area contributed by atoms with E-state index in [9.17, 15) is 0 Å². The van der Waals surface area contributed by atoms with Gasteiger partial charge in [-0.05, 0) is 128 Å². The molecule has 2 aliphatic carbocycles. The van der Waals surface area contributed by atoms with Gasteiger partial charge in [0.25, 0.3) is 0 Å². The van der Waals surface area contributed by atoms with E-state index in [-0.39, 0.29) is 10.8 Å². The highest BCUT2D eigenvalue weighted by atomic mass is 14.5. The summed E-state index contributed by atoms with van der Waals surface area (Å²) in [4.78, 5) is 0. The molecule has 9 aromatic rings. The Morgan fingerprint density at radius 3 is 1.35 bits per heavy atom. The van der Waals surface area contributed by atoms with Gasteiger partial charge in [-0.1, -0.05) is 179 Å². The minimum absolute atomic E-state index is 0.0609. The second-order valence-electron chi connectivity index (χ2n) is 16.5. The van der Waals surface area contributed by atoms with Crippen molar-refractivity contribution in [1.29, 1.82) is 0 Å². The molecule has 0 spiro atoms. The molecule has 0 heterocycles. The van der Waals surface area contributed by atoms with Crippen LogP contribution in [0.3, 0.4) is 0 Å². The molecule has 0 radical (unpaired) electrons. The van der Waals surface area contributed by atoms with E-state index >= 15 is 0 Å². The number of hydrogen-bond acceptors (Lipinski definition) is 0. The zero-order valence-electron chi connectivity index (χ0n) is 31.2. The average Bonchev–Trinajstić information content (AvgIpc) is 3.58. The van der Waals surface area contributed by atoms with E-state index in [0.717, 1.165) is 0 Å². The SMILES string of the molecule is CC1(C)c2ccccc2-c2ccc3c(c21)C(C)(C)c1ccc(-c2c4ccccc4c(-c4ccc5cc(-c6ccccc6)ccc5c4)c4ccccc24)cc1-3. The van der Waals surface area contributed by atoms with Crippen molar-refractivity contribution in [1.82, 2.24) is 0 Å². The Morgan fingerprint density at radius 2 is 0.741 bits per heavy atom. The van der Waals surface area contributed by atoms with E-state index in [4.69, 9.17) is 0 Å². The predicted octanol–water partition coefficient (Wildman–Crippen LogP) is 14.8. The van der Waals surface area contributed by atoms with Gasteiger partial charge in [0.05, 0.1) is 0 Å². The fraction of sp³-hybridized carbons (Fsp3) is 0.111. The maximum atomic E-state index is 2.50. The number of benzene rings is 9. The molecule has 0 atom stereocenters. The van der Waals surface area contributed by atoms with E-state index in [0.29, 0.717) is 0 Å². The summed E-state index contributed by atoms with van der Waals surface area (Å²) in [5.74, 6) is 0. The van der Waals surface area contributed by atoms with Crippen molar-refractivity contribution >= 4 is 32.3 Å². The predicted molar refractivity (Wildman–Crippen MR) is 230 cm³/mol. The van der Waals surface area contributed by atoms with Crippen LogP contribution >= 0.6 is 0 Å². The summed E-state index contributed by atoms with van der Waals surface area (Å²) in [5.41, 5.74) is 18.8. The zero-order chi connectivity index (χ0) is 36.3. The van der Waals surface area contributed by atoms with Crippen LogP contribution in [0.15, 0.2) is 170 Å². The largest absolute Gasteiger partial charge is 0.0622 e. The van der Waals surface area contributed by atoms with E-state index in [1.807, 2.05) is 0 Å². The molecule has 0 nitrogen and oxygen atoms in total. The molecule has 9 aromatic carbocycles. The standard InChI is InChI=1S/C54H40/c1-53(2)47-21-13-12-16-39(47)44-27-28-45-46-32-38(26-29-48(46)54(3,4)52(45)51(44)53)50-42-19-10-8-17-40(42)49(41-18-9-11-20-43(41)50)37-25-24-35-30-34(22-23-36(35)31-37)33-14-6-5-7-15-33/h5-32H,1-4H3. The first-order valence-corrected chi connectivity index (χ1v) is 19.3. The van der Waals surface area contributed by atoms with E-state index in [1.165, 1.54) is 110 Å². The molecule has 54 heavy (non-hydrogen) atoms. The van der Waals surface area contributed by atoms with Crippen molar-refractivity contribution in [2.45, 2.75) is 38.5 Å². The molecule has 11 rings (SSSR count). The van der Waals surface area contributed by atoms with Crippen molar-refractivity contribution in [3.63, 3.8) is 0 Å². The molecular weight excluding hydrogens is 649 g/mol. The molecule has 0 heteroatoms. The lowest BCUT2D eigenvalue weighted by Crippen LogP contribution is -2.24. The van der Waals surface area contributed by atoms with Crippen LogP contribution in [-0.4, -0.2) is 0 Å². The Kier molecular flexibility index (Phi) is 6.46. The highest BCUT2D eigenvalue weighted by Crippen LogP contribution is 2.59. The summed E-state index contributed by atoms with van der Waals surface area (Å²) >= 11 is 0. The van der Waals surface area contributed by atoms with Gasteiger partial charge in [-0.15, -0.1) is 0 Å². The van der Waals surface area contributed by atoms with Gasteiger partial charge in [-0.25, -0.2) is 0 Å². The molecule has 256 valence electrons. The molecule has 0 bridgehead atoms. The maximum Gasteiger partial charge on any atom is 0.0162 e. The van der Waals surface area contributed by atoms with Crippen LogP contribution in [0.2, 0.25) is 0 Å². The maximum absolute atomic E-state index is 2.50. The van der Waals surface area contributed by atoms with E-state index in [1.54, 1.807) is 0 Å². The fourth-order valence-electron chi connectivity index (χ4n) is 10.3. The molecule has 0 aliphatic heterocycles. The normalized spacial score (nSPS) is 14.6. The molecule has 0 aromatic heterocycles. The second kappa shape index (κ2) is 11.1. The Labute approximate surface area is 317 Å². The lowest BCUT2D eigenvalue weighted by atomic mass is 9.72. The summed E-state index contributed by atoms with van der Waals surface area (Å²) in [7, 11) is 0. The van der Waals surface area contributed by atoms with Crippen LogP contribution in [0.4, 0.5) is 0 Å². The number of fused-ring (bicyclic) bond motifs is 10. The highest BCUT2D eigenvalue weighted by molar-refractivity contribution is 6.22. The quantitative estimate of drug-likeness (QED) is 0.162. The summed E-state index contributed by atoms with van der Waals surface area (Å²) < 4.78 is 0. The lowest BCUT2D eigenvalue weighted by Gasteiger charge is -2.30. The summed E-state index contributed by atoms with van der Waals surface area (Å²) in [6.45, 7) is 9.70. The molecule has 0 unspecified atom stereocenters. The molecule has 2 aliphatic rings. The molecular formula is C54H40. The van der Waals surface area contributed by atoms with Crippen molar-refractivity contribution in [2.24, 2.45) is 0 Å². The Balaban J connectivity index is 1.11. The minimum Gasteiger partial charge on any atom is -0.0622 e. The molecule has 0 saturated heterocycles. The minimum atomic E-state index is -0.111. The Hall–Kier alpha value is -6.24. The second-order valence-corrected chi connectivity index (χ2v) is 16.5. The first-order valence-electron chi connectivity index (χ1n) is 19.3. The van der Waals surface area contributed by atoms with Crippen LogP contribution in [0.5, 0.6) is 0 Å². The topological polar surface area (TPSA) is 0 Å². The van der Waals surface area contributed by atoms with Crippen molar-refractivity contribution in [2.75, 3.05) is 0 Å². The Morgan fingerprint density at radius 1 is 0.296 bits per heavy atom. The summed E-state index contributed by atoms with van der Waals surface area (Å²) in [5, 5.41) is 7.64. The van der Waals surface area contributed by atoms with Gasteiger partial charge in [-0.2, -0.15) is 0 Å². The van der Waals surface area contributed by atoms with Gasteiger partial charge < -0.3 is 0 Å². The monoisotopic (exact) mass is 688 g/mol. The van der Waals surface area contributed by atoms with Crippen LogP contribution in [-0.2, 0) is 10.8 Å². The van der Waals surface area contributed by atoms with Crippen molar-refractivity contribution in [3.05, 3.63) is 192 Å². The molecule has 0 amide bonds. The summed E-state index contributed by atoms with van der Waals surface area (Å²) in [6, 6.07) is 63.7. The van der Waals surface area contributed by atoms with Gasteiger partial charge in [0.2, 0.25) is 0 Å². The van der Waals surface area contributed by atoms with Crippen LogP contribution in [0, 0.1) is 0 Å². The molecule has 0 N–H and O–H groups in total. The number of rotatable bonds is 3. The van der Waals surface area contributed by atoms with Gasteiger partial charge >= 0.3 is 0 Å². The molecule has 0 fully saturated rings. The first kappa shape index (κ1) is 31.3. The third-order valence-corrected chi connectivity index (χ3v) is 12.8.